The number of hydrogen-bond donors (Lipinski definition) is 2. The lowest BCUT2D eigenvalue weighted by Crippen LogP contribution is -2.59. The number of nitrogens with one attached hydrogen (secondary N) is 2. The van der Waals surface area contributed by atoms with Crippen molar-refractivity contribution in [2.45, 2.75) is 75.0 Å². The van der Waals surface area contributed by atoms with Gasteiger partial charge in [0.05, 0.1) is 13.2 Å². The molecule has 0 spiro atoms. The average Bonchev–Trinajstić information content (AvgIpc) is 3.64. The van der Waals surface area contributed by atoms with Crippen LogP contribution in [0.5, 0.6) is 0 Å². The van der Waals surface area contributed by atoms with Crippen LogP contribution in [-0.2, 0) is 14.9 Å². The maximum Gasteiger partial charge on any atom is 0.279 e. The molecule has 0 radical (unpaired) electrons. The molecule has 11 nitrogen and oxygen atoms in total. The van der Waals surface area contributed by atoms with Crippen LogP contribution >= 0.6 is 0 Å². The summed E-state index contributed by atoms with van der Waals surface area (Å²) in [5, 5.41) is 6.97. The number of hydrogen-bond acceptors (Lipinski definition) is 8. The van der Waals surface area contributed by atoms with Crippen molar-refractivity contribution in [3.63, 3.8) is 0 Å². The average molecular weight is 549 g/mol. The van der Waals surface area contributed by atoms with Crippen LogP contribution in [0.4, 0.5) is 0 Å². The maximum absolute atomic E-state index is 13.5. The number of fused-ring (bicyclic) bond motifs is 2. The van der Waals surface area contributed by atoms with Gasteiger partial charge in [0, 0.05) is 75.4 Å². The Hall–Kier alpha value is -1.83. The van der Waals surface area contributed by atoms with E-state index in [-0.39, 0.29) is 30.1 Å². The second kappa shape index (κ2) is 11.3. The standard InChI is InChI=1S/C26H40N6O5S/c33-26(24-16-25(37-28-24)19-5-6-19)27-20-3-1-2-4-21(15-20)29-38(34,35)31-17-22-7-8-23(18-31)32(22)10-9-30-11-13-36-14-12-30/h1-2,16,19-23,29H,3-15,17-18H2,(H,27,33)/t20-,21-,22?,23?/m0/s1. The summed E-state index contributed by atoms with van der Waals surface area (Å²) in [6.07, 6.45) is 10.1. The number of morpholine rings is 1. The van der Waals surface area contributed by atoms with Gasteiger partial charge in [-0.3, -0.25) is 14.6 Å². The summed E-state index contributed by atoms with van der Waals surface area (Å²) in [5.41, 5.74) is 0.291. The van der Waals surface area contributed by atoms with E-state index in [0.29, 0.717) is 44.0 Å². The second-order valence-electron chi connectivity index (χ2n) is 11.5. The van der Waals surface area contributed by atoms with E-state index in [2.05, 4.69) is 25.0 Å². The SMILES string of the molecule is O=C(N[C@H]1CC=CC[C@H](NS(=O)(=O)N2CC3CCC(C2)N3CCN2CCOCC2)C1)c1cc(C2CC2)on1. The van der Waals surface area contributed by atoms with Crippen LogP contribution in [0.2, 0.25) is 0 Å². The van der Waals surface area contributed by atoms with Gasteiger partial charge >= 0.3 is 0 Å². The number of amides is 1. The van der Waals surface area contributed by atoms with Gasteiger partial charge < -0.3 is 14.6 Å². The van der Waals surface area contributed by atoms with E-state index >= 15 is 0 Å². The molecule has 5 aliphatic rings. The molecule has 1 aromatic heterocycles. The fourth-order valence-corrected chi connectivity index (χ4v) is 7.87. The molecule has 0 aromatic carbocycles. The Morgan fingerprint density at radius 3 is 2.42 bits per heavy atom. The Morgan fingerprint density at radius 1 is 1.00 bits per heavy atom. The molecular formula is C26H40N6O5S. The Morgan fingerprint density at radius 2 is 1.71 bits per heavy atom. The molecule has 2 bridgehead atoms. The fourth-order valence-electron chi connectivity index (χ4n) is 6.37. The molecule has 12 heteroatoms. The molecule has 2 unspecified atom stereocenters. The van der Waals surface area contributed by atoms with Crippen LogP contribution in [0.15, 0.2) is 22.7 Å². The quantitative estimate of drug-likeness (QED) is 0.440. The van der Waals surface area contributed by atoms with E-state index in [1.165, 1.54) is 0 Å². The molecule has 1 amide bonds. The third-order valence-corrected chi connectivity index (χ3v) is 10.3. The number of carbonyl (C=O) groups excluding carboxylic acids is 1. The van der Waals surface area contributed by atoms with Crippen LogP contribution < -0.4 is 10.0 Å². The summed E-state index contributed by atoms with van der Waals surface area (Å²) >= 11 is 0. The molecule has 4 heterocycles. The minimum atomic E-state index is -3.63. The van der Waals surface area contributed by atoms with Crippen molar-refractivity contribution in [3.05, 3.63) is 29.7 Å². The number of rotatable bonds is 9. The molecule has 3 aliphatic heterocycles. The normalized spacial score (nSPS) is 31.4. The zero-order valence-corrected chi connectivity index (χ0v) is 22.8. The molecule has 2 N–H and O–H groups in total. The molecule has 1 saturated carbocycles. The van der Waals surface area contributed by atoms with E-state index < -0.39 is 10.2 Å². The van der Waals surface area contributed by atoms with Crippen LogP contribution in [0.25, 0.3) is 0 Å². The van der Waals surface area contributed by atoms with Gasteiger partial charge in [-0.05, 0) is 44.9 Å². The number of ether oxygens (including phenoxy) is 1. The third kappa shape index (κ3) is 6.15. The lowest BCUT2D eigenvalue weighted by molar-refractivity contribution is 0.0251. The van der Waals surface area contributed by atoms with Crippen molar-refractivity contribution in [2.75, 3.05) is 52.5 Å². The highest BCUT2D eigenvalue weighted by Gasteiger charge is 2.43. The minimum Gasteiger partial charge on any atom is -0.379 e. The molecule has 3 saturated heterocycles. The van der Waals surface area contributed by atoms with Gasteiger partial charge in [-0.15, -0.1) is 0 Å². The van der Waals surface area contributed by atoms with Gasteiger partial charge in [-0.2, -0.15) is 17.4 Å². The number of carbonyl (C=O) groups is 1. The molecule has 4 atom stereocenters. The van der Waals surface area contributed by atoms with Crippen LogP contribution in [-0.4, -0.2) is 110 Å². The number of piperazine rings is 1. The van der Waals surface area contributed by atoms with Gasteiger partial charge in [-0.25, -0.2) is 0 Å². The first-order valence-corrected chi connectivity index (χ1v) is 15.6. The molecular weight excluding hydrogens is 508 g/mol. The molecule has 210 valence electrons. The first kappa shape index (κ1) is 26.4. The van der Waals surface area contributed by atoms with E-state index in [1.807, 2.05) is 12.2 Å². The number of aromatic nitrogens is 1. The van der Waals surface area contributed by atoms with Gasteiger partial charge in [0.2, 0.25) is 0 Å². The fraction of sp³-hybridized carbons (Fsp3) is 0.769. The predicted molar refractivity (Wildman–Crippen MR) is 141 cm³/mol. The monoisotopic (exact) mass is 548 g/mol. The Balaban J connectivity index is 1.02. The van der Waals surface area contributed by atoms with Crippen LogP contribution in [0, 0.1) is 0 Å². The second-order valence-corrected chi connectivity index (χ2v) is 13.2. The van der Waals surface area contributed by atoms with Crippen molar-refractivity contribution in [1.82, 2.24) is 29.3 Å². The van der Waals surface area contributed by atoms with E-state index in [9.17, 15) is 13.2 Å². The number of nitrogens with zero attached hydrogens (tertiary/aromatic N) is 4. The molecule has 1 aromatic rings. The van der Waals surface area contributed by atoms with E-state index in [0.717, 1.165) is 70.8 Å². The summed E-state index contributed by atoms with van der Waals surface area (Å²) < 4.78 is 42.3. The van der Waals surface area contributed by atoms with Crippen molar-refractivity contribution in [1.29, 1.82) is 0 Å². The Labute approximate surface area is 225 Å². The Kier molecular flexibility index (Phi) is 7.88. The van der Waals surface area contributed by atoms with Gasteiger partial charge in [0.1, 0.15) is 5.76 Å². The highest BCUT2D eigenvalue weighted by Crippen LogP contribution is 2.40. The summed E-state index contributed by atoms with van der Waals surface area (Å²) in [7, 11) is -3.63. The molecule has 2 aliphatic carbocycles. The molecule has 38 heavy (non-hydrogen) atoms. The summed E-state index contributed by atoms with van der Waals surface area (Å²) in [6, 6.07) is 1.82. The molecule has 6 rings (SSSR count). The lowest BCUT2D eigenvalue weighted by Gasteiger charge is -2.41. The minimum absolute atomic E-state index is 0.178. The smallest absolute Gasteiger partial charge is 0.279 e. The third-order valence-electron chi connectivity index (χ3n) is 8.69. The zero-order chi connectivity index (χ0) is 26.1. The first-order chi connectivity index (χ1) is 18.4. The highest BCUT2D eigenvalue weighted by atomic mass is 32.2. The van der Waals surface area contributed by atoms with Crippen LogP contribution in [0.1, 0.15) is 67.1 Å². The van der Waals surface area contributed by atoms with E-state index in [4.69, 9.17) is 9.26 Å². The summed E-state index contributed by atoms with van der Waals surface area (Å²) in [4.78, 5) is 17.7. The summed E-state index contributed by atoms with van der Waals surface area (Å²) in [5.74, 6) is 0.898. The topological polar surface area (TPSA) is 120 Å². The van der Waals surface area contributed by atoms with Crippen molar-refractivity contribution >= 4 is 16.1 Å². The zero-order valence-electron chi connectivity index (χ0n) is 22.0. The summed E-state index contributed by atoms with van der Waals surface area (Å²) in [6.45, 7) is 6.62. The molecule has 4 fully saturated rings. The highest BCUT2D eigenvalue weighted by molar-refractivity contribution is 7.87. The van der Waals surface area contributed by atoms with Gasteiger partial charge in [0.25, 0.3) is 16.1 Å². The van der Waals surface area contributed by atoms with Crippen molar-refractivity contribution < 1.29 is 22.5 Å². The van der Waals surface area contributed by atoms with Crippen LogP contribution in [0.3, 0.4) is 0 Å². The first-order valence-electron chi connectivity index (χ1n) is 14.2. The predicted octanol–water partition coefficient (Wildman–Crippen LogP) is 1.07. The van der Waals surface area contributed by atoms with Crippen molar-refractivity contribution in [3.8, 4) is 0 Å². The van der Waals surface area contributed by atoms with Crippen molar-refractivity contribution in [2.24, 2.45) is 0 Å². The van der Waals surface area contributed by atoms with Gasteiger partial charge in [-0.1, -0.05) is 17.3 Å². The largest absolute Gasteiger partial charge is 0.379 e. The Bertz CT molecular complexity index is 1100. The van der Waals surface area contributed by atoms with Gasteiger partial charge in [0.15, 0.2) is 5.69 Å². The lowest BCUT2D eigenvalue weighted by atomic mass is 10.1. The maximum atomic E-state index is 13.5. The van der Waals surface area contributed by atoms with E-state index in [1.54, 1.807) is 10.4 Å².